The Bertz CT molecular complexity index is 112. The van der Waals surface area contributed by atoms with Crippen molar-refractivity contribution in [2.45, 2.75) is 32.4 Å². The highest BCUT2D eigenvalue weighted by atomic mass is 19.1. The average Bonchev–Trinajstić information content (AvgIpc) is 1.61. The van der Waals surface area contributed by atoms with E-state index in [4.69, 9.17) is 5.73 Å². The summed E-state index contributed by atoms with van der Waals surface area (Å²) < 4.78 is 12.8. The molecule has 0 saturated heterocycles. The zero-order valence-electron chi connectivity index (χ0n) is 6.08. The quantitative estimate of drug-likeness (QED) is 0.573. The Morgan fingerprint density at radius 1 is 1.44 bits per heavy atom. The first-order valence-electron chi connectivity index (χ1n) is 3.36. The van der Waals surface area contributed by atoms with Gasteiger partial charge in [-0.3, -0.25) is 0 Å². The van der Waals surface area contributed by atoms with Crippen LogP contribution in [0.5, 0.6) is 0 Å². The minimum atomic E-state index is -0.922. The van der Waals surface area contributed by atoms with Crippen molar-refractivity contribution in [3.05, 3.63) is 0 Å². The first-order valence-corrected chi connectivity index (χ1v) is 3.36. The summed E-state index contributed by atoms with van der Waals surface area (Å²) in [6.45, 7) is 4.30. The second kappa shape index (κ2) is 1.69. The van der Waals surface area contributed by atoms with Gasteiger partial charge in [0.25, 0.3) is 0 Å². The first-order chi connectivity index (χ1) is 3.97. The van der Waals surface area contributed by atoms with Crippen LogP contribution in [0.4, 0.5) is 4.39 Å². The van der Waals surface area contributed by atoms with Gasteiger partial charge in [0.1, 0.15) is 5.67 Å². The van der Waals surface area contributed by atoms with Crippen molar-refractivity contribution in [3.8, 4) is 0 Å². The summed E-state index contributed by atoms with van der Waals surface area (Å²) in [6, 6.07) is 0. The zero-order valence-corrected chi connectivity index (χ0v) is 6.08. The molecule has 0 aromatic heterocycles. The fraction of sp³-hybridized carbons (Fsp3) is 1.00. The first kappa shape index (κ1) is 7.00. The molecule has 2 heteroatoms. The van der Waals surface area contributed by atoms with Gasteiger partial charge in [0.05, 0.1) is 0 Å². The molecular weight excluding hydrogens is 117 g/mol. The maximum Gasteiger partial charge on any atom is 0.109 e. The summed E-state index contributed by atoms with van der Waals surface area (Å²) in [5, 5.41) is 0. The number of alkyl halides is 1. The molecule has 9 heavy (non-hydrogen) atoms. The van der Waals surface area contributed by atoms with Crippen LogP contribution in [0.25, 0.3) is 0 Å². The van der Waals surface area contributed by atoms with Crippen LogP contribution in [0.15, 0.2) is 0 Å². The van der Waals surface area contributed by atoms with Crippen LogP contribution >= 0.6 is 0 Å². The van der Waals surface area contributed by atoms with Crippen molar-refractivity contribution >= 4 is 0 Å². The highest BCUT2D eigenvalue weighted by Gasteiger charge is 2.48. The van der Waals surface area contributed by atoms with Crippen molar-refractivity contribution in [2.75, 3.05) is 6.54 Å². The van der Waals surface area contributed by atoms with Crippen LogP contribution in [-0.4, -0.2) is 12.2 Å². The Labute approximate surface area is 55.4 Å². The van der Waals surface area contributed by atoms with Crippen molar-refractivity contribution < 1.29 is 4.39 Å². The summed E-state index contributed by atoms with van der Waals surface area (Å²) >= 11 is 0. The molecular formula is C7H14FN. The summed E-state index contributed by atoms with van der Waals surface area (Å²) in [6.07, 6.45) is 1.27. The molecule has 1 saturated carbocycles. The molecule has 0 amide bonds. The van der Waals surface area contributed by atoms with E-state index in [1.807, 2.05) is 6.92 Å². The summed E-state index contributed by atoms with van der Waals surface area (Å²) in [5.74, 6) is 0. The molecule has 1 nitrogen and oxygen atoms in total. The summed E-state index contributed by atoms with van der Waals surface area (Å²) in [4.78, 5) is 0. The van der Waals surface area contributed by atoms with E-state index in [1.54, 1.807) is 6.92 Å². The van der Waals surface area contributed by atoms with E-state index < -0.39 is 5.67 Å². The third kappa shape index (κ3) is 1.23. The van der Waals surface area contributed by atoms with Crippen molar-refractivity contribution in [1.29, 1.82) is 0 Å². The molecule has 1 fully saturated rings. The Morgan fingerprint density at radius 2 is 1.89 bits per heavy atom. The summed E-state index contributed by atoms with van der Waals surface area (Å²) in [7, 11) is 0. The minimum absolute atomic E-state index is 0.101. The topological polar surface area (TPSA) is 26.0 Å². The van der Waals surface area contributed by atoms with Crippen molar-refractivity contribution in [2.24, 2.45) is 11.1 Å². The highest BCUT2D eigenvalue weighted by Crippen LogP contribution is 2.49. The third-order valence-corrected chi connectivity index (χ3v) is 2.08. The van der Waals surface area contributed by atoms with E-state index in [9.17, 15) is 4.39 Å². The van der Waals surface area contributed by atoms with Gasteiger partial charge >= 0.3 is 0 Å². The normalized spacial score (nSPS) is 50.7. The molecule has 0 spiro atoms. The zero-order chi connectivity index (χ0) is 7.12. The van der Waals surface area contributed by atoms with Crippen LogP contribution in [0.2, 0.25) is 0 Å². The van der Waals surface area contributed by atoms with Crippen LogP contribution in [0.1, 0.15) is 26.7 Å². The maximum absolute atomic E-state index is 12.8. The Kier molecular flexibility index (Phi) is 1.31. The molecule has 0 atom stereocenters. The fourth-order valence-electron chi connectivity index (χ4n) is 1.87. The van der Waals surface area contributed by atoms with E-state index in [0.717, 1.165) is 0 Å². The van der Waals surface area contributed by atoms with E-state index in [1.165, 1.54) is 0 Å². The van der Waals surface area contributed by atoms with Crippen molar-refractivity contribution in [1.82, 2.24) is 0 Å². The molecule has 54 valence electrons. The van der Waals surface area contributed by atoms with Gasteiger partial charge in [-0.25, -0.2) is 4.39 Å². The Hall–Kier alpha value is -0.110. The van der Waals surface area contributed by atoms with Gasteiger partial charge in [-0.1, -0.05) is 6.92 Å². The molecule has 0 aliphatic heterocycles. The van der Waals surface area contributed by atoms with E-state index in [2.05, 4.69) is 0 Å². The number of halogens is 1. The molecule has 2 N–H and O–H groups in total. The van der Waals surface area contributed by atoms with Gasteiger partial charge in [0, 0.05) is 0 Å². The molecule has 0 unspecified atom stereocenters. The molecule has 1 aliphatic carbocycles. The van der Waals surface area contributed by atoms with E-state index >= 15 is 0 Å². The molecule has 0 aromatic carbocycles. The molecule has 0 heterocycles. The summed E-state index contributed by atoms with van der Waals surface area (Å²) in [5.41, 5.74) is 4.60. The number of rotatable bonds is 1. The number of hydrogen-bond acceptors (Lipinski definition) is 1. The fourth-order valence-corrected chi connectivity index (χ4v) is 1.87. The van der Waals surface area contributed by atoms with Gasteiger partial charge in [0.2, 0.25) is 0 Å². The van der Waals surface area contributed by atoms with E-state index in [0.29, 0.717) is 19.4 Å². The predicted molar refractivity (Wildman–Crippen MR) is 35.9 cm³/mol. The lowest BCUT2D eigenvalue weighted by Gasteiger charge is -2.47. The largest absolute Gasteiger partial charge is 0.330 e. The second-order valence-corrected chi connectivity index (χ2v) is 3.78. The van der Waals surface area contributed by atoms with Crippen LogP contribution in [0.3, 0.4) is 0 Å². The van der Waals surface area contributed by atoms with Crippen LogP contribution < -0.4 is 5.73 Å². The number of hydrogen-bond donors (Lipinski definition) is 1. The van der Waals surface area contributed by atoms with Gasteiger partial charge in [-0.2, -0.15) is 0 Å². The lowest BCUT2D eigenvalue weighted by atomic mass is 9.62. The maximum atomic E-state index is 12.8. The monoisotopic (exact) mass is 131 g/mol. The lowest BCUT2D eigenvalue weighted by molar-refractivity contribution is -0.0361. The van der Waals surface area contributed by atoms with Crippen LogP contribution in [-0.2, 0) is 0 Å². The average molecular weight is 131 g/mol. The smallest absolute Gasteiger partial charge is 0.109 e. The van der Waals surface area contributed by atoms with Gasteiger partial charge in [0.15, 0.2) is 0 Å². The SMILES string of the molecule is CC1(F)CC(C)(CN)C1. The molecule has 1 rings (SSSR count). The highest BCUT2D eigenvalue weighted by molar-refractivity contribution is 4.99. The van der Waals surface area contributed by atoms with Gasteiger partial charge < -0.3 is 5.73 Å². The van der Waals surface area contributed by atoms with E-state index in [-0.39, 0.29) is 5.41 Å². The predicted octanol–water partition coefficient (Wildman–Crippen LogP) is 1.47. The number of nitrogens with two attached hydrogens (primary N) is 1. The molecule has 1 aliphatic rings. The third-order valence-electron chi connectivity index (χ3n) is 2.08. The second-order valence-electron chi connectivity index (χ2n) is 3.78. The van der Waals surface area contributed by atoms with Crippen LogP contribution in [0, 0.1) is 5.41 Å². The minimum Gasteiger partial charge on any atom is -0.330 e. The Balaban J connectivity index is 2.41. The molecule has 0 radical (unpaired) electrons. The Morgan fingerprint density at radius 3 is 2.00 bits per heavy atom. The molecule has 0 aromatic rings. The van der Waals surface area contributed by atoms with Gasteiger partial charge in [-0.15, -0.1) is 0 Å². The standard InChI is InChI=1S/C7H14FN/c1-6(5-9)3-7(2,8)4-6/h3-5,9H2,1-2H3. The lowest BCUT2D eigenvalue weighted by Crippen LogP contribution is -2.49. The van der Waals surface area contributed by atoms with Gasteiger partial charge in [-0.05, 0) is 31.7 Å². The van der Waals surface area contributed by atoms with Crippen molar-refractivity contribution in [3.63, 3.8) is 0 Å². The molecule has 0 bridgehead atoms.